The third kappa shape index (κ3) is 4.46. The first-order valence-corrected chi connectivity index (χ1v) is 11.4. The van der Waals surface area contributed by atoms with Crippen LogP contribution in [-0.2, 0) is 4.74 Å². The van der Waals surface area contributed by atoms with Gasteiger partial charge in [0.2, 0.25) is 5.95 Å². The van der Waals surface area contributed by atoms with Crippen LogP contribution in [0.5, 0.6) is 0 Å². The highest BCUT2D eigenvalue weighted by Gasteiger charge is 2.29. The molecule has 2 aliphatic rings. The first-order valence-electron chi connectivity index (χ1n) is 10.5. The molecule has 34 heavy (non-hydrogen) atoms. The molecule has 1 fully saturated rings. The van der Waals surface area contributed by atoms with Crippen LogP contribution in [0.4, 0.5) is 10.3 Å². The van der Waals surface area contributed by atoms with Crippen molar-refractivity contribution in [2.45, 2.75) is 0 Å². The number of benzene rings is 2. The van der Waals surface area contributed by atoms with E-state index in [9.17, 15) is 9.65 Å². The number of ether oxygens (including phenoxy) is 1. The molecule has 1 saturated heterocycles. The van der Waals surface area contributed by atoms with Crippen molar-refractivity contribution >= 4 is 46.0 Å². The van der Waals surface area contributed by atoms with Gasteiger partial charge in [-0.25, -0.2) is 4.39 Å². The van der Waals surface area contributed by atoms with Gasteiger partial charge in [0.1, 0.15) is 22.5 Å². The van der Waals surface area contributed by atoms with Crippen LogP contribution in [0.25, 0.3) is 17.0 Å². The van der Waals surface area contributed by atoms with Crippen molar-refractivity contribution in [3.05, 3.63) is 82.2 Å². The zero-order chi connectivity index (χ0) is 22.8. The lowest BCUT2D eigenvalue weighted by molar-refractivity contribution is 0.122. The number of thioether (sulfide) groups is 1. The van der Waals surface area contributed by atoms with E-state index in [1.54, 1.807) is 12.1 Å². The Morgan fingerprint density at radius 2 is 1.76 bits per heavy atom. The molecule has 174 valence electrons. The van der Waals surface area contributed by atoms with Gasteiger partial charge in [-0.15, -0.1) is 27.2 Å². The lowest BCUT2D eigenvalue weighted by Crippen LogP contribution is -2.38. The molecule has 0 atom stereocenters. The summed E-state index contributed by atoms with van der Waals surface area (Å²) >= 11 is 1.45. The Bertz CT molecular complexity index is 1260. The summed E-state index contributed by atoms with van der Waals surface area (Å²) in [6, 6.07) is 18.5. The monoisotopic (exact) mass is 540 g/mol. The van der Waals surface area contributed by atoms with Crippen LogP contribution in [0.15, 0.2) is 65.0 Å². The fourth-order valence-corrected chi connectivity index (χ4v) is 4.93. The zero-order valence-corrected chi connectivity index (χ0v) is 20.9. The summed E-state index contributed by atoms with van der Waals surface area (Å²) in [5, 5.41) is 21.9. The molecule has 7 nitrogen and oxygen atoms in total. The van der Waals surface area contributed by atoms with E-state index in [4.69, 9.17) is 4.74 Å². The second-order valence-corrected chi connectivity index (χ2v) is 8.43. The molecule has 0 saturated carbocycles. The number of aromatic nitrogens is 3. The fourth-order valence-electron chi connectivity index (χ4n) is 3.90. The molecular weight excluding hydrogens is 519 g/mol. The molecule has 3 aromatic rings. The number of allylic oxidation sites excluding steroid dienone is 1. The molecule has 0 amide bonds. The standard InChI is InChI=1S/C24H21FN6OS.BrH/c1-29-21(17-7-9-18(25)10-8-17)16-33-23(29)20(15-26)22-27-28-24(30-11-13-32-14-12-30)31(22)19-5-3-2-4-6-19;/h2-10,16H,11-14H2,1H3;1H/b23-20+;. The van der Waals surface area contributed by atoms with E-state index in [-0.39, 0.29) is 22.8 Å². The topological polar surface area (TPSA) is 70.2 Å². The van der Waals surface area contributed by atoms with Gasteiger partial charge in [-0.2, -0.15) is 5.26 Å². The van der Waals surface area contributed by atoms with Gasteiger partial charge in [-0.1, -0.05) is 30.0 Å². The summed E-state index contributed by atoms with van der Waals surface area (Å²) in [5.74, 6) is 0.881. The fraction of sp³-hybridized carbons (Fsp3) is 0.208. The van der Waals surface area contributed by atoms with Crippen LogP contribution < -0.4 is 4.90 Å². The largest absolute Gasteiger partial charge is 0.378 e. The Morgan fingerprint density at radius 1 is 1.06 bits per heavy atom. The normalized spacial score (nSPS) is 17.1. The maximum absolute atomic E-state index is 13.4. The number of para-hydroxylation sites is 1. The quantitative estimate of drug-likeness (QED) is 0.444. The highest BCUT2D eigenvalue weighted by Crippen LogP contribution is 2.42. The van der Waals surface area contributed by atoms with E-state index in [2.05, 4.69) is 21.2 Å². The first-order chi connectivity index (χ1) is 16.2. The van der Waals surface area contributed by atoms with Gasteiger partial charge >= 0.3 is 0 Å². The number of hydrogen-bond acceptors (Lipinski definition) is 7. The Hall–Kier alpha value is -3.13. The molecule has 2 aliphatic heterocycles. The van der Waals surface area contributed by atoms with Crippen LogP contribution in [0.1, 0.15) is 11.4 Å². The highest BCUT2D eigenvalue weighted by atomic mass is 79.9. The van der Waals surface area contributed by atoms with Crippen LogP contribution in [-0.4, -0.2) is 53.0 Å². The lowest BCUT2D eigenvalue weighted by Gasteiger charge is -2.28. The van der Waals surface area contributed by atoms with E-state index in [0.29, 0.717) is 43.6 Å². The van der Waals surface area contributed by atoms with E-state index in [1.807, 2.05) is 52.3 Å². The number of halogens is 2. The Labute approximate surface area is 211 Å². The second kappa shape index (κ2) is 10.4. The van der Waals surface area contributed by atoms with Crippen molar-refractivity contribution in [1.29, 1.82) is 5.26 Å². The van der Waals surface area contributed by atoms with Crippen LogP contribution in [0, 0.1) is 17.1 Å². The van der Waals surface area contributed by atoms with Gasteiger partial charge in [-0.3, -0.25) is 4.57 Å². The van der Waals surface area contributed by atoms with Crippen molar-refractivity contribution in [3.63, 3.8) is 0 Å². The Morgan fingerprint density at radius 3 is 2.44 bits per heavy atom. The highest BCUT2D eigenvalue weighted by molar-refractivity contribution is 8.93. The molecule has 10 heteroatoms. The predicted molar refractivity (Wildman–Crippen MR) is 137 cm³/mol. The summed E-state index contributed by atoms with van der Waals surface area (Å²) in [6.07, 6.45) is 0. The van der Waals surface area contributed by atoms with Gasteiger partial charge in [0, 0.05) is 25.5 Å². The molecule has 0 spiro atoms. The molecule has 1 aromatic heterocycles. The third-order valence-corrected chi connectivity index (χ3v) is 6.63. The minimum Gasteiger partial charge on any atom is -0.378 e. The van der Waals surface area contributed by atoms with Gasteiger partial charge in [0.05, 0.1) is 24.6 Å². The number of rotatable bonds is 4. The molecule has 3 heterocycles. The van der Waals surface area contributed by atoms with Crippen molar-refractivity contribution in [1.82, 2.24) is 19.7 Å². The Kier molecular flexibility index (Phi) is 7.36. The molecule has 0 unspecified atom stereocenters. The summed E-state index contributed by atoms with van der Waals surface area (Å²) in [7, 11) is 1.90. The second-order valence-electron chi connectivity index (χ2n) is 7.57. The minimum atomic E-state index is -0.285. The smallest absolute Gasteiger partial charge is 0.232 e. The zero-order valence-electron chi connectivity index (χ0n) is 18.4. The SMILES string of the molecule is Br.CN1C(c2ccc(F)cc2)=CS/C1=C(\C#N)c1nnc(N2CCOCC2)n1-c1ccccc1. The Balaban J connectivity index is 0.00000274. The van der Waals surface area contributed by atoms with E-state index < -0.39 is 0 Å². The maximum Gasteiger partial charge on any atom is 0.232 e. The first kappa shape index (κ1) is 24.0. The lowest BCUT2D eigenvalue weighted by atomic mass is 10.1. The van der Waals surface area contributed by atoms with Crippen LogP contribution in [0.3, 0.4) is 0 Å². The van der Waals surface area contributed by atoms with E-state index in [1.165, 1.54) is 23.9 Å². The van der Waals surface area contributed by atoms with Crippen molar-refractivity contribution < 1.29 is 9.13 Å². The molecule has 0 N–H and O–H groups in total. The van der Waals surface area contributed by atoms with Crippen molar-refractivity contribution in [2.24, 2.45) is 0 Å². The summed E-state index contributed by atoms with van der Waals surface area (Å²) < 4.78 is 20.8. The molecule has 0 aliphatic carbocycles. The van der Waals surface area contributed by atoms with Crippen LogP contribution >= 0.6 is 28.7 Å². The molecular formula is C24H22BrFN6OS. The summed E-state index contributed by atoms with van der Waals surface area (Å²) in [4.78, 5) is 4.06. The third-order valence-electron chi connectivity index (χ3n) is 5.59. The summed E-state index contributed by atoms with van der Waals surface area (Å²) in [6.45, 7) is 2.64. The van der Waals surface area contributed by atoms with Gasteiger partial charge < -0.3 is 14.5 Å². The number of morpholine rings is 1. The summed E-state index contributed by atoms with van der Waals surface area (Å²) in [5.41, 5.74) is 3.07. The number of nitrogens with zero attached hydrogens (tertiary/aromatic N) is 6. The van der Waals surface area contributed by atoms with E-state index >= 15 is 0 Å². The molecule has 2 aromatic carbocycles. The molecule has 5 rings (SSSR count). The van der Waals surface area contributed by atoms with Crippen molar-refractivity contribution in [2.75, 3.05) is 38.3 Å². The van der Waals surface area contributed by atoms with Crippen LogP contribution in [0.2, 0.25) is 0 Å². The average molecular weight is 541 g/mol. The molecule has 0 radical (unpaired) electrons. The predicted octanol–water partition coefficient (Wildman–Crippen LogP) is 4.69. The minimum absolute atomic E-state index is 0. The number of nitriles is 1. The van der Waals surface area contributed by atoms with Gasteiger partial charge in [0.25, 0.3) is 0 Å². The number of hydrogen-bond donors (Lipinski definition) is 0. The number of anilines is 1. The van der Waals surface area contributed by atoms with E-state index in [0.717, 1.165) is 22.0 Å². The average Bonchev–Trinajstić information content (AvgIpc) is 3.46. The van der Waals surface area contributed by atoms with Gasteiger partial charge in [-0.05, 0) is 42.0 Å². The van der Waals surface area contributed by atoms with Crippen molar-refractivity contribution in [3.8, 4) is 11.8 Å². The maximum atomic E-state index is 13.4. The molecule has 0 bridgehead atoms. The van der Waals surface area contributed by atoms with Gasteiger partial charge in [0.15, 0.2) is 5.82 Å².